The van der Waals surface area contributed by atoms with E-state index in [0.29, 0.717) is 6.04 Å². The van der Waals surface area contributed by atoms with Gasteiger partial charge >= 0.3 is 0 Å². The van der Waals surface area contributed by atoms with Crippen molar-refractivity contribution in [2.75, 3.05) is 36.4 Å². The standard InChI is InChI=1S/C33H35N7/c1-2-40-18-6-9-29-30(40)21-28(25-7-4-3-5-8-25)33(37-29)26-12-10-24(11-13-26)23-39-19-15-27(16-20-39)36-31-14-17-35-32(22-34)38-31/h3-5,7-8,10-14,17,21,27H,2,6,9,15-16,18-20,23H2,1H3,(H,35,36,38). The van der Waals surface area contributed by atoms with E-state index in [9.17, 15) is 0 Å². The summed E-state index contributed by atoms with van der Waals surface area (Å²) in [5, 5.41) is 12.5. The van der Waals surface area contributed by atoms with Gasteiger partial charge in [-0.25, -0.2) is 9.97 Å². The molecule has 1 N–H and O–H groups in total. The van der Waals surface area contributed by atoms with Crippen molar-refractivity contribution in [3.8, 4) is 28.5 Å². The lowest BCUT2D eigenvalue weighted by Crippen LogP contribution is -2.38. The molecular formula is C33H35N7. The average molecular weight is 530 g/mol. The Kier molecular flexibility index (Phi) is 7.69. The molecule has 0 aliphatic carbocycles. The molecule has 4 heterocycles. The summed E-state index contributed by atoms with van der Waals surface area (Å²) in [6, 6.07) is 26.2. The molecule has 2 aromatic heterocycles. The molecule has 6 rings (SSSR count). The Morgan fingerprint density at radius 2 is 1.75 bits per heavy atom. The van der Waals surface area contributed by atoms with Gasteiger partial charge in [0, 0.05) is 56.1 Å². The van der Waals surface area contributed by atoms with Crippen LogP contribution in [0.4, 0.5) is 11.5 Å². The van der Waals surface area contributed by atoms with Crippen molar-refractivity contribution in [2.24, 2.45) is 0 Å². The molecule has 40 heavy (non-hydrogen) atoms. The van der Waals surface area contributed by atoms with E-state index in [4.69, 9.17) is 10.2 Å². The Balaban J connectivity index is 1.16. The third-order valence-electron chi connectivity index (χ3n) is 8.06. The van der Waals surface area contributed by atoms with Crippen molar-refractivity contribution < 1.29 is 0 Å². The summed E-state index contributed by atoms with van der Waals surface area (Å²) in [5.74, 6) is 0.934. The number of aromatic nitrogens is 3. The van der Waals surface area contributed by atoms with Crippen LogP contribution in [0, 0.1) is 11.3 Å². The number of nitriles is 1. The van der Waals surface area contributed by atoms with E-state index in [-0.39, 0.29) is 5.82 Å². The minimum Gasteiger partial charge on any atom is -0.370 e. The predicted molar refractivity (Wildman–Crippen MR) is 160 cm³/mol. The van der Waals surface area contributed by atoms with Gasteiger partial charge < -0.3 is 10.2 Å². The molecule has 202 valence electrons. The zero-order valence-electron chi connectivity index (χ0n) is 23.1. The first kappa shape index (κ1) is 26.0. The summed E-state index contributed by atoms with van der Waals surface area (Å²) in [4.78, 5) is 18.5. The van der Waals surface area contributed by atoms with Crippen LogP contribution in [-0.4, -0.2) is 52.1 Å². The monoisotopic (exact) mass is 529 g/mol. The summed E-state index contributed by atoms with van der Waals surface area (Å²) in [6.07, 6.45) is 5.90. The van der Waals surface area contributed by atoms with Gasteiger partial charge in [0.25, 0.3) is 0 Å². The second-order valence-corrected chi connectivity index (χ2v) is 10.7. The van der Waals surface area contributed by atoms with Gasteiger partial charge in [0.1, 0.15) is 11.9 Å². The van der Waals surface area contributed by atoms with Gasteiger partial charge in [-0.2, -0.15) is 5.26 Å². The molecule has 1 fully saturated rings. The van der Waals surface area contributed by atoms with Crippen LogP contribution in [0.2, 0.25) is 0 Å². The molecule has 0 unspecified atom stereocenters. The number of hydrogen-bond acceptors (Lipinski definition) is 7. The molecule has 0 amide bonds. The van der Waals surface area contributed by atoms with Crippen LogP contribution in [0.15, 0.2) is 72.9 Å². The van der Waals surface area contributed by atoms with Gasteiger partial charge in [0.2, 0.25) is 5.82 Å². The first-order valence-corrected chi connectivity index (χ1v) is 14.4. The topological polar surface area (TPSA) is 81.0 Å². The van der Waals surface area contributed by atoms with Crippen molar-refractivity contribution in [3.63, 3.8) is 0 Å². The summed E-state index contributed by atoms with van der Waals surface area (Å²) in [6.45, 7) is 7.32. The smallest absolute Gasteiger partial charge is 0.234 e. The maximum Gasteiger partial charge on any atom is 0.234 e. The molecule has 0 spiro atoms. The molecule has 7 nitrogen and oxygen atoms in total. The lowest BCUT2D eigenvalue weighted by molar-refractivity contribution is 0.211. The van der Waals surface area contributed by atoms with Crippen molar-refractivity contribution >= 4 is 11.5 Å². The highest BCUT2D eigenvalue weighted by Crippen LogP contribution is 2.37. The number of nitrogens with zero attached hydrogens (tertiary/aromatic N) is 6. The lowest BCUT2D eigenvalue weighted by Gasteiger charge is -2.32. The Morgan fingerprint density at radius 3 is 2.50 bits per heavy atom. The molecule has 2 aliphatic rings. The fourth-order valence-electron chi connectivity index (χ4n) is 5.91. The minimum absolute atomic E-state index is 0.204. The number of piperidine rings is 1. The van der Waals surface area contributed by atoms with Crippen molar-refractivity contribution in [1.29, 1.82) is 5.26 Å². The number of likely N-dealkylation sites (tertiary alicyclic amines) is 1. The Labute approximate surface area is 236 Å². The van der Waals surface area contributed by atoms with Gasteiger partial charge in [0.05, 0.1) is 17.1 Å². The molecule has 0 atom stereocenters. The molecule has 0 radical (unpaired) electrons. The van der Waals surface area contributed by atoms with Gasteiger partial charge in [-0.15, -0.1) is 0 Å². The number of aryl methyl sites for hydroxylation is 1. The molecule has 1 saturated heterocycles. The highest BCUT2D eigenvalue weighted by atomic mass is 15.2. The lowest BCUT2D eigenvalue weighted by atomic mass is 9.95. The number of hydrogen-bond donors (Lipinski definition) is 1. The van der Waals surface area contributed by atoms with Crippen LogP contribution < -0.4 is 10.2 Å². The maximum atomic E-state index is 9.04. The predicted octanol–water partition coefficient (Wildman–Crippen LogP) is 5.93. The number of fused-ring (bicyclic) bond motifs is 1. The minimum atomic E-state index is 0.204. The number of pyridine rings is 1. The Hall–Kier alpha value is -4.28. The molecule has 4 aromatic rings. The second-order valence-electron chi connectivity index (χ2n) is 10.7. The quantitative estimate of drug-likeness (QED) is 0.318. The van der Waals surface area contributed by atoms with Crippen molar-refractivity contribution in [3.05, 3.63) is 90.0 Å². The van der Waals surface area contributed by atoms with Gasteiger partial charge in [-0.05, 0) is 55.9 Å². The zero-order valence-corrected chi connectivity index (χ0v) is 23.1. The normalized spacial score (nSPS) is 15.8. The van der Waals surface area contributed by atoms with E-state index >= 15 is 0 Å². The van der Waals surface area contributed by atoms with Gasteiger partial charge in [0.15, 0.2) is 0 Å². The number of anilines is 2. The summed E-state index contributed by atoms with van der Waals surface area (Å²) < 4.78 is 0. The van der Waals surface area contributed by atoms with E-state index in [1.807, 2.05) is 12.1 Å². The highest BCUT2D eigenvalue weighted by molar-refractivity contribution is 5.84. The van der Waals surface area contributed by atoms with Crippen LogP contribution >= 0.6 is 0 Å². The first-order chi connectivity index (χ1) is 19.7. The molecule has 7 heteroatoms. The Bertz CT molecular complexity index is 1490. The molecule has 2 aromatic carbocycles. The first-order valence-electron chi connectivity index (χ1n) is 14.4. The summed E-state index contributed by atoms with van der Waals surface area (Å²) >= 11 is 0. The molecule has 0 saturated carbocycles. The van der Waals surface area contributed by atoms with E-state index in [1.165, 1.54) is 33.6 Å². The third kappa shape index (κ3) is 5.68. The SMILES string of the molecule is CCN1CCCc2nc(-c3ccc(CN4CCC(Nc5ccnc(C#N)n5)CC4)cc3)c(-c3ccccc3)cc21. The van der Waals surface area contributed by atoms with E-state index in [1.54, 1.807) is 6.20 Å². The number of rotatable bonds is 7. The van der Waals surface area contributed by atoms with Crippen LogP contribution in [0.3, 0.4) is 0 Å². The van der Waals surface area contributed by atoms with Crippen molar-refractivity contribution in [2.45, 2.75) is 45.2 Å². The van der Waals surface area contributed by atoms with E-state index in [0.717, 1.165) is 69.9 Å². The van der Waals surface area contributed by atoms with Crippen LogP contribution in [0.5, 0.6) is 0 Å². The van der Waals surface area contributed by atoms with Crippen LogP contribution in [-0.2, 0) is 13.0 Å². The molecule has 2 aliphatic heterocycles. The molecule has 0 bridgehead atoms. The maximum absolute atomic E-state index is 9.04. The van der Waals surface area contributed by atoms with Crippen LogP contribution in [0.25, 0.3) is 22.4 Å². The fraction of sp³-hybridized carbons (Fsp3) is 0.333. The van der Waals surface area contributed by atoms with Gasteiger partial charge in [-0.1, -0.05) is 54.6 Å². The van der Waals surface area contributed by atoms with E-state index < -0.39 is 0 Å². The van der Waals surface area contributed by atoms with Gasteiger partial charge in [-0.3, -0.25) is 9.88 Å². The highest BCUT2D eigenvalue weighted by Gasteiger charge is 2.22. The van der Waals surface area contributed by atoms with Crippen LogP contribution in [0.1, 0.15) is 43.3 Å². The fourth-order valence-corrected chi connectivity index (χ4v) is 5.91. The summed E-state index contributed by atoms with van der Waals surface area (Å²) in [7, 11) is 0. The van der Waals surface area contributed by atoms with Crippen molar-refractivity contribution in [1.82, 2.24) is 19.9 Å². The largest absolute Gasteiger partial charge is 0.370 e. The Morgan fingerprint density at radius 1 is 0.950 bits per heavy atom. The third-order valence-corrected chi connectivity index (χ3v) is 8.06. The molecular weight excluding hydrogens is 494 g/mol. The summed E-state index contributed by atoms with van der Waals surface area (Å²) in [5.41, 5.74) is 8.48. The average Bonchev–Trinajstić information content (AvgIpc) is 3.02. The number of nitrogens with one attached hydrogen (secondary N) is 1. The second kappa shape index (κ2) is 11.8. The zero-order chi connectivity index (χ0) is 27.3. The number of benzene rings is 2. The van der Waals surface area contributed by atoms with E-state index in [2.05, 4.69) is 92.7 Å².